The summed E-state index contributed by atoms with van der Waals surface area (Å²) in [5, 5.41) is 12.0. The molecule has 2 atom stereocenters. The van der Waals surface area contributed by atoms with Gasteiger partial charge < -0.3 is 10.4 Å². The summed E-state index contributed by atoms with van der Waals surface area (Å²) in [5.41, 5.74) is 0. The Bertz CT molecular complexity index is 298. The average Bonchev–Trinajstić information content (AvgIpc) is 2.72. The number of rotatable bonds is 2. The lowest BCUT2D eigenvalue weighted by atomic mass is 10.3. The quantitative estimate of drug-likeness (QED) is 0.610. The van der Waals surface area contributed by atoms with E-state index in [0.29, 0.717) is 25.9 Å². The molecule has 2 aliphatic rings. The molecule has 2 fully saturated rings. The smallest absolute Gasteiger partial charge is 0.218 e. The van der Waals surface area contributed by atoms with Gasteiger partial charge in [0.1, 0.15) is 0 Å². The lowest BCUT2D eigenvalue weighted by Crippen LogP contribution is -2.38. The zero-order valence-corrected chi connectivity index (χ0v) is 8.83. The third-order valence-electron chi connectivity index (χ3n) is 2.92. The number of sulfonamides is 1. The molecule has 0 radical (unpaired) electrons. The standard InChI is InChI=1S/C8H16N2O3S/c11-7-2-4-10(6-7)14(12,13)8-1-3-9-5-8/h7-9,11H,1-6H2. The first kappa shape index (κ1) is 10.4. The summed E-state index contributed by atoms with van der Waals surface area (Å²) < 4.78 is 25.3. The Kier molecular flexibility index (Phi) is 2.79. The summed E-state index contributed by atoms with van der Waals surface area (Å²) in [5.74, 6) is 0. The van der Waals surface area contributed by atoms with Crippen molar-refractivity contribution in [3.05, 3.63) is 0 Å². The second-order valence-electron chi connectivity index (χ2n) is 3.96. The van der Waals surface area contributed by atoms with Crippen LogP contribution in [0.3, 0.4) is 0 Å². The fourth-order valence-electron chi connectivity index (χ4n) is 2.03. The predicted octanol–water partition coefficient (Wildman–Crippen LogP) is -1.26. The van der Waals surface area contributed by atoms with Gasteiger partial charge in [-0.05, 0) is 19.4 Å². The van der Waals surface area contributed by atoms with Gasteiger partial charge in [-0.3, -0.25) is 0 Å². The molecule has 2 rings (SSSR count). The van der Waals surface area contributed by atoms with Crippen molar-refractivity contribution in [2.45, 2.75) is 24.2 Å². The maximum atomic E-state index is 12.0. The van der Waals surface area contributed by atoms with Crippen molar-refractivity contribution >= 4 is 10.0 Å². The minimum Gasteiger partial charge on any atom is -0.392 e. The van der Waals surface area contributed by atoms with E-state index < -0.39 is 16.1 Å². The molecule has 2 heterocycles. The van der Waals surface area contributed by atoms with Gasteiger partial charge in [0.15, 0.2) is 0 Å². The van der Waals surface area contributed by atoms with Crippen LogP contribution in [-0.2, 0) is 10.0 Å². The Labute approximate surface area is 84.1 Å². The van der Waals surface area contributed by atoms with Crippen molar-refractivity contribution in [3.8, 4) is 0 Å². The van der Waals surface area contributed by atoms with E-state index in [4.69, 9.17) is 0 Å². The van der Waals surface area contributed by atoms with E-state index in [2.05, 4.69) is 5.32 Å². The van der Waals surface area contributed by atoms with E-state index in [0.717, 1.165) is 6.54 Å². The minimum atomic E-state index is -3.16. The molecule has 0 aromatic rings. The first-order valence-corrected chi connectivity index (χ1v) is 6.49. The normalized spacial score (nSPS) is 35.2. The van der Waals surface area contributed by atoms with Crippen LogP contribution in [0, 0.1) is 0 Å². The third kappa shape index (κ3) is 1.79. The molecule has 2 N–H and O–H groups in total. The molecule has 82 valence electrons. The highest BCUT2D eigenvalue weighted by Crippen LogP contribution is 2.20. The zero-order chi connectivity index (χ0) is 10.2. The van der Waals surface area contributed by atoms with Crippen LogP contribution in [0.25, 0.3) is 0 Å². The SMILES string of the molecule is O=S(=O)(C1CCNC1)N1CCC(O)C1. The number of hydrogen-bond donors (Lipinski definition) is 2. The van der Waals surface area contributed by atoms with Crippen LogP contribution < -0.4 is 5.32 Å². The number of nitrogens with one attached hydrogen (secondary N) is 1. The van der Waals surface area contributed by atoms with Crippen molar-refractivity contribution < 1.29 is 13.5 Å². The van der Waals surface area contributed by atoms with Gasteiger partial charge in [0, 0.05) is 19.6 Å². The lowest BCUT2D eigenvalue weighted by Gasteiger charge is -2.19. The van der Waals surface area contributed by atoms with Crippen molar-refractivity contribution in [2.75, 3.05) is 26.2 Å². The van der Waals surface area contributed by atoms with Crippen LogP contribution >= 0.6 is 0 Å². The van der Waals surface area contributed by atoms with Crippen LogP contribution in [0.1, 0.15) is 12.8 Å². The highest BCUT2D eigenvalue weighted by Gasteiger charge is 2.37. The summed E-state index contributed by atoms with van der Waals surface area (Å²) in [6.07, 6.45) is 0.785. The van der Waals surface area contributed by atoms with Crippen LogP contribution in [0.2, 0.25) is 0 Å². The van der Waals surface area contributed by atoms with Crippen molar-refractivity contribution in [3.63, 3.8) is 0 Å². The Hall–Kier alpha value is -0.170. The summed E-state index contributed by atoms with van der Waals surface area (Å²) in [6.45, 7) is 2.08. The highest BCUT2D eigenvalue weighted by molar-refractivity contribution is 7.89. The third-order valence-corrected chi connectivity index (χ3v) is 5.22. The number of aliphatic hydroxyl groups excluding tert-OH is 1. The molecular formula is C8H16N2O3S. The molecule has 0 aliphatic carbocycles. The van der Waals surface area contributed by atoms with Gasteiger partial charge in [0.25, 0.3) is 0 Å². The molecule has 0 bridgehead atoms. The molecule has 5 nitrogen and oxygen atoms in total. The van der Waals surface area contributed by atoms with E-state index in [-0.39, 0.29) is 11.8 Å². The predicted molar refractivity (Wildman–Crippen MR) is 52.4 cm³/mol. The second kappa shape index (κ2) is 3.77. The molecule has 14 heavy (non-hydrogen) atoms. The van der Waals surface area contributed by atoms with E-state index in [1.165, 1.54) is 4.31 Å². The van der Waals surface area contributed by atoms with Gasteiger partial charge in [-0.1, -0.05) is 0 Å². The average molecular weight is 220 g/mol. The molecule has 6 heteroatoms. The lowest BCUT2D eigenvalue weighted by molar-refractivity contribution is 0.189. The van der Waals surface area contributed by atoms with Crippen molar-refractivity contribution in [1.29, 1.82) is 0 Å². The summed E-state index contributed by atoms with van der Waals surface area (Å²) in [7, 11) is -3.16. The fraction of sp³-hybridized carbons (Fsp3) is 1.00. The van der Waals surface area contributed by atoms with Crippen LogP contribution in [0.15, 0.2) is 0 Å². The van der Waals surface area contributed by atoms with Gasteiger partial charge in [-0.2, -0.15) is 4.31 Å². The molecule has 0 saturated carbocycles. The van der Waals surface area contributed by atoms with Crippen molar-refractivity contribution in [2.24, 2.45) is 0 Å². The number of nitrogens with zero attached hydrogens (tertiary/aromatic N) is 1. The summed E-state index contributed by atoms with van der Waals surface area (Å²) >= 11 is 0. The van der Waals surface area contributed by atoms with Gasteiger partial charge >= 0.3 is 0 Å². The molecule has 0 aromatic heterocycles. The first-order valence-electron chi connectivity index (χ1n) is 4.98. The van der Waals surface area contributed by atoms with E-state index in [9.17, 15) is 13.5 Å². The Morgan fingerprint density at radius 2 is 2.14 bits per heavy atom. The Morgan fingerprint density at radius 1 is 1.36 bits per heavy atom. The van der Waals surface area contributed by atoms with Gasteiger partial charge in [0.2, 0.25) is 10.0 Å². The first-order chi connectivity index (χ1) is 6.60. The Balaban J connectivity index is 2.07. The Morgan fingerprint density at radius 3 is 2.64 bits per heavy atom. The minimum absolute atomic E-state index is 0.277. The molecular weight excluding hydrogens is 204 g/mol. The molecule has 0 aromatic carbocycles. The van der Waals surface area contributed by atoms with Crippen LogP contribution in [-0.4, -0.2) is 55.4 Å². The van der Waals surface area contributed by atoms with Gasteiger partial charge in [0.05, 0.1) is 11.4 Å². The largest absolute Gasteiger partial charge is 0.392 e. The molecule has 2 saturated heterocycles. The van der Waals surface area contributed by atoms with E-state index in [1.54, 1.807) is 0 Å². The van der Waals surface area contributed by atoms with Crippen LogP contribution in [0.4, 0.5) is 0 Å². The van der Waals surface area contributed by atoms with E-state index >= 15 is 0 Å². The number of aliphatic hydroxyl groups is 1. The monoisotopic (exact) mass is 220 g/mol. The number of β-amino-alcohol motifs (C(OH)–C–C–N with tert-alkyl or cyclic N) is 1. The molecule has 0 amide bonds. The zero-order valence-electron chi connectivity index (χ0n) is 8.02. The van der Waals surface area contributed by atoms with E-state index in [1.807, 2.05) is 0 Å². The molecule has 2 unspecified atom stereocenters. The van der Waals surface area contributed by atoms with Gasteiger partial charge in [-0.25, -0.2) is 8.42 Å². The maximum absolute atomic E-state index is 12.0. The maximum Gasteiger partial charge on any atom is 0.218 e. The molecule has 0 spiro atoms. The van der Waals surface area contributed by atoms with Gasteiger partial charge in [-0.15, -0.1) is 0 Å². The topological polar surface area (TPSA) is 69.6 Å². The highest BCUT2D eigenvalue weighted by atomic mass is 32.2. The van der Waals surface area contributed by atoms with Crippen molar-refractivity contribution in [1.82, 2.24) is 9.62 Å². The summed E-state index contributed by atoms with van der Waals surface area (Å²) in [6, 6.07) is 0. The van der Waals surface area contributed by atoms with Crippen LogP contribution in [0.5, 0.6) is 0 Å². The fourth-order valence-corrected chi connectivity index (χ4v) is 3.94. The molecule has 2 aliphatic heterocycles. The number of hydrogen-bond acceptors (Lipinski definition) is 4. The second-order valence-corrected chi connectivity index (χ2v) is 6.17. The summed E-state index contributed by atoms with van der Waals surface area (Å²) in [4.78, 5) is 0.